The average molecular weight is 278 g/mol. The van der Waals surface area contributed by atoms with Crippen molar-refractivity contribution in [1.29, 1.82) is 0 Å². The number of anilines is 1. The first-order valence-corrected chi connectivity index (χ1v) is 7.92. The summed E-state index contributed by atoms with van der Waals surface area (Å²) >= 11 is 1.62. The van der Waals surface area contributed by atoms with Gasteiger partial charge in [0.15, 0.2) is 0 Å². The van der Waals surface area contributed by atoms with Crippen LogP contribution < -0.4 is 5.73 Å². The molecule has 1 aromatic rings. The molecular formula is C15H22N2OS. The van der Waals surface area contributed by atoms with Gasteiger partial charge in [0.25, 0.3) is 0 Å². The molecule has 0 radical (unpaired) electrons. The van der Waals surface area contributed by atoms with Gasteiger partial charge < -0.3 is 10.6 Å². The number of hydrogen-bond acceptors (Lipinski definition) is 3. The van der Waals surface area contributed by atoms with Crippen LogP contribution in [0.15, 0.2) is 23.1 Å². The number of benzene rings is 1. The molecule has 3 nitrogen and oxygen atoms in total. The molecule has 0 saturated carbocycles. The maximum Gasteiger partial charge on any atom is 0.232 e. The van der Waals surface area contributed by atoms with Crippen LogP contribution in [0.25, 0.3) is 0 Å². The highest BCUT2D eigenvalue weighted by Gasteiger charge is 2.15. The van der Waals surface area contributed by atoms with Crippen LogP contribution in [-0.4, -0.2) is 29.6 Å². The molecule has 0 unspecified atom stereocenters. The van der Waals surface area contributed by atoms with Gasteiger partial charge in [0.2, 0.25) is 5.91 Å². The van der Waals surface area contributed by atoms with E-state index in [-0.39, 0.29) is 5.91 Å². The zero-order valence-corrected chi connectivity index (χ0v) is 12.3. The number of aryl methyl sites for hydroxylation is 1. The van der Waals surface area contributed by atoms with Crippen molar-refractivity contribution in [2.24, 2.45) is 0 Å². The van der Waals surface area contributed by atoms with Gasteiger partial charge in [-0.15, -0.1) is 11.8 Å². The van der Waals surface area contributed by atoms with Crippen molar-refractivity contribution < 1.29 is 4.79 Å². The van der Waals surface area contributed by atoms with E-state index in [9.17, 15) is 4.79 Å². The summed E-state index contributed by atoms with van der Waals surface area (Å²) in [5, 5.41) is 0. The number of amides is 1. The Bertz CT molecular complexity index is 440. The minimum Gasteiger partial charge on any atom is -0.399 e. The predicted octanol–water partition coefficient (Wildman–Crippen LogP) is 3.07. The molecule has 1 fully saturated rings. The van der Waals surface area contributed by atoms with Crippen molar-refractivity contribution in [2.75, 3.05) is 24.6 Å². The fourth-order valence-electron chi connectivity index (χ4n) is 2.39. The van der Waals surface area contributed by atoms with Crippen molar-refractivity contribution in [3.63, 3.8) is 0 Å². The largest absolute Gasteiger partial charge is 0.399 e. The molecule has 1 heterocycles. The van der Waals surface area contributed by atoms with Crippen LogP contribution in [-0.2, 0) is 4.79 Å². The summed E-state index contributed by atoms with van der Waals surface area (Å²) in [7, 11) is 0. The Balaban J connectivity index is 1.88. The van der Waals surface area contributed by atoms with Gasteiger partial charge in [-0.05, 0) is 43.5 Å². The molecular weight excluding hydrogens is 256 g/mol. The topological polar surface area (TPSA) is 46.3 Å². The molecule has 0 aliphatic carbocycles. The van der Waals surface area contributed by atoms with Gasteiger partial charge in [0.05, 0.1) is 5.75 Å². The third-order valence-electron chi connectivity index (χ3n) is 3.51. The van der Waals surface area contributed by atoms with E-state index in [0.717, 1.165) is 42.1 Å². The van der Waals surface area contributed by atoms with Crippen LogP contribution in [0.3, 0.4) is 0 Å². The fraction of sp³-hybridized carbons (Fsp3) is 0.533. The standard InChI is InChI=1S/C15H22N2OS/c1-12-10-13(16)6-7-14(12)19-11-15(18)17-8-4-2-3-5-9-17/h6-7,10H,2-5,8-9,11,16H2,1H3. The fourth-order valence-corrected chi connectivity index (χ4v) is 3.30. The van der Waals surface area contributed by atoms with Gasteiger partial charge >= 0.3 is 0 Å². The molecule has 2 rings (SSSR count). The van der Waals surface area contributed by atoms with Crippen molar-refractivity contribution >= 4 is 23.4 Å². The Morgan fingerprint density at radius 3 is 2.58 bits per heavy atom. The molecule has 1 aliphatic rings. The Morgan fingerprint density at radius 1 is 1.26 bits per heavy atom. The maximum atomic E-state index is 12.2. The van der Waals surface area contributed by atoms with Crippen LogP contribution in [0.5, 0.6) is 0 Å². The van der Waals surface area contributed by atoms with Crippen LogP contribution in [0, 0.1) is 6.92 Å². The molecule has 19 heavy (non-hydrogen) atoms. The third-order valence-corrected chi connectivity index (χ3v) is 4.67. The lowest BCUT2D eigenvalue weighted by Crippen LogP contribution is -2.33. The monoisotopic (exact) mass is 278 g/mol. The molecule has 104 valence electrons. The van der Waals surface area contributed by atoms with E-state index in [1.54, 1.807) is 11.8 Å². The smallest absolute Gasteiger partial charge is 0.232 e. The van der Waals surface area contributed by atoms with E-state index in [4.69, 9.17) is 5.73 Å². The minimum atomic E-state index is 0.267. The Kier molecular flexibility index (Phi) is 5.14. The first-order valence-electron chi connectivity index (χ1n) is 6.93. The number of nitrogen functional groups attached to an aromatic ring is 1. The van der Waals surface area contributed by atoms with Crippen LogP contribution >= 0.6 is 11.8 Å². The second-order valence-electron chi connectivity index (χ2n) is 5.11. The van der Waals surface area contributed by atoms with Gasteiger partial charge in [-0.3, -0.25) is 4.79 Å². The molecule has 0 bridgehead atoms. The summed E-state index contributed by atoms with van der Waals surface area (Å²) in [5.74, 6) is 0.799. The van der Waals surface area contributed by atoms with Crippen molar-refractivity contribution in [2.45, 2.75) is 37.5 Å². The average Bonchev–Trinajstić information content (AvgIpc) is 2.66. The van der Waals surface area contributed by atoms with E-state index in [0.29, 0.717) is 5.75 Å². The zero-order valence-electron chi connectivity index (χ0n) is 11.5. The van der Waals surface area contributed by atoms with E-state index >= 15 is 0 Å². The van der Waals surface area contributed by atoms with Gasteiger partial charge in [-0.2, -0.15) is 0 Å². The lowest BCUT2D eigenvalue weighted by molar-refractivity contribution is -0.128. The third kappa shape index (κ3) is 4.16. The minimum absolute atomic E-state index is 0.267. The van der Waals surface area contributed by atoms with Gasteiger partial charge in [0.1, 0.15) is 0 Å². The summed E-state index contributed by atoms with van der Waals surface area (Å²) in [4.78, 5) is 15.4. The van der Waals surface area contributed by atoms with Crippen molar-refractivity contribution in [3.8, 4) is 0 Å². The second-order valence-corrected chi connectivity index (χ2v) is 6.13. The van der Waals surface area contributed by atoms with Crippen LogP contribution in [0.4, 0.5) is 5.69 Å². The zero-order chi connectivity index (χ0) is 13.7. The first kappa shape index (κ1) is 14.3. The van der Waals surface area contributed by atoms with Crippen LogP contribution in [0.2, 0.25) is 0 Å². The summed E-state index contributed by atoms with van der Waals surface area (Å²) < 4.78 is 0. The number of carbonyl (C=O) groups excluding carboxylic acids is 1. The Morgan fingerprint density at radius 2 is 1.95 bits per heavy atom. The molecule has 0 spiro atoms. The first-order chi connectivity index (χ1) is 9.16. The predicted molar refractivity (Wildman–Crippen MR) is 81.4 cm³/mol. The van der Waals surface area contributed by atoms with Gasteiger partial charge in [-0.1, -0.05) is 12.8 Å². The molecule has 0 atom stereocenters. The lowest BCUT2D eigenvalue weighted by Gasteiger charge is -2.20. The van der Waals surface area contributed by atoms with E-state index in [1.807, 2.05) is 30.0 Å². The number of nitrogens with zero attached hydrogens (tertiary/aromatic N) is 1. The SMILES string of the molecule is Cc1cc(N)ccc1SCC(=O)N1CCCCCC1. The highest BCUT2D eigenvalue weighted by Crippen LogP contribution is 2.24. The van der Waals surface area contributed by atoms with Crippen molar-refractivity contribution in [3.05, 3.63) is 23.8 Å². The van der Waals surface area contributed by atoms with E-state index in [2.05, 4.69) is 0 Å². The van der Waals surface area contributed by atoms with E-state index in [1.165, 1.54) is 12.8 Å². The molecule has 0 aromatic heterocycles. The number of likely N-dealkylation sites (tertiary alicyclic amines) is 1. The summed E-state index contributed by atoms with van der Waals surface area (Å²) in [6.07, 6.45) is 4.82. The maximum absolute atomic E-state index is 12.2. The molecule has 2 N–H and O–H groups in total. The van der Waals surface area contributed by atoms with Crippen LogP contribution in [0.1, 0.15) is 31.2 Å². The number of rotatable bonds is 3. The molecule has 1 aromatic carbocycles. The number of nitrogens with two attached hydrogens (primary N) is 1. The van der Waals surface area contributed by atoms with Crippen molar-refractivity contribution in [1.82, 2.24) is 4.90 Å². The lowest BCUT2D eigenvalue weighted by atomic mass is 10.2. The summed E-state index contributed by atoms with van der Waals surface area (Å²) in [6, 6.07) is 5.86. The van der Waals surface area contributed by atoms with Gasteiger partial charge in [-0.25, -0.2) is 0 Å². The summed E-state index contributed by atoms with van der Waals surface area (Å²) in [6.45, 7) is 3.90. The van der Waals surface area contributed by atoms with Gasteiger partial charge in [0, 0.05) is 23.7 Å². The Labute approximate surface area is 119 Å². The molecule has 1 aliphatic heterocycles. The molecule has 1 amide bonds. The summed E-state index contributed by atoms with van der Waals surface area (Å²) in [5.41, 5.74) is 7.66. The normalized spacial score (nSPS) is 16.2. The number of thioether (sulfide) groups is 1. The highest BCUT2D eigenvalue weighted by atomic mass is 32.2. The molecule has 1 saturated heterocycles. The second kappa shape index (κ2) is 6.85. The molecule has 4 heteroatoms. The number of hydrogen-bond donors (Lipinski definition) is 1. The number of carbonyl (C=O) groups is 1. The highest BCUT2D eigenvalue weighted by molar-refractivity contribution is 8.00. The quantitative estimate of drug-likeness (QED) is 0.683. The van der Waals surface area contributed by atoms with E-state index < -0.39 is 0 Å². The Hall–Kier alpha value is -1.16.